The van der Waals surface area contributed by atoms with Crippen LogP contribution in [-0.4, -0.2) is 41.8 Å². The van der Waals surface area contributed by atoms with Crippen molar-refractivity contribution in [3.8, 4) is 0 Å². The first kappa shape index (κ1) is 21.6. The maximum absolute atomic E-state index is 12.6. The van der Waals surface area contributed by atoms with Crippen LogP contribution in [0.5, 0.6) is 0 Å². The molecular weight excluding hydrogens is 389 g/mol. The molecular formula is C20H25Cl2NO4. The van der Waals surface area contributed by atoms with Crippen LogP contribution in [0.1, 0.15) is 46.1 Å². The van der Waals surface area contributed by atoms with Crippen LogP contribution in [0.4, 0.5) is 4.79 Å². The number of carbonyl (C=O) groups excluding carboxylic acids is 2. The molecule has 148 valence electrons. The second-order valence-corrected chi connectivity index (χ2v) is 8.14. The van der Waals surface area contributed by atoms with Gasteiger partial charge in [-0.15, -0.1) is 0 Å². The van der Waals surface area contributed by atoms with Crippen LogP contribution in [0.2, 0.25) is 10.0 Å². The molecule has 1 aliphatic rings. The van der Waals surface area contributed by atoms with Crippen molar-refractivity contribution in [2.24, 2.45) is 0 Å². The van der Waals surface area contributed by atoms with E-state index in [0.717, 1.165) is 11.1 Å². The number of benzene rings is 1. The first-order valence-electron chi connectivity index (χ1n) is 8.92. The molecule has 0 N–H and O–H groups in total. The number of halogens is 2. The lowest BCUT2D eigenvalue weighted by molar-refractivity contribution is -0.144. The molecule has 7 heteroatoms. The zero-order chi connectivity index (χ0) is 20.2. The van der Waals surface area contributed by atoms with E-state index in [-0.39, 0.29) is 12.4 Å². The third-order valence-corrected chi connectivity index (χ3v) is 4.75. The Bertz CT molecular complexity index is 740. The summed E-state index contributed by atoms with van der Waals surface area (Å²) in [5, 5.41) is 0.946. The van der Waals surface area contributed by atoms with Gasteiger partial charge in [0.05, 0.1) is 29.1 Å². The highest BCUT2D eigenvalue weighted by Gasteiger charge is 2.32. The van der Waals surface area contributed by atoms with Crippen LogP contribution in [0, 0.1) is 0 Å². The lowest BCUT2D eigenvalue weighted by Gasteiger charge is -2.35. The third kappa shape index (κ3) is 6.15. The maximum atomic E-state index is 12.6. The Balaban J connectivity index is 2.29. The Hall–Kier alpha value is -1.72. The van der Waals surface area contributed by atoms with Gasteiger partial charge in [0.15, 0.2) is 0 Å². The molecule has 1 aliphatic heterocycles. The van der Waals surface area contributed by atoms with Crippen LogP contribution in [0.3, 0.4) is 0 Å². The van der Waals surface area contributed by atoms with Gasteiger partial charge in [-0.25, -0.2) is 4.79 Å². The summed E-state index contributed by atoms with van der Waals surface area (Å²) in [5.74, 6) is -0.359. The lowest BCUT2D eigenvalue weighted by atomic mass is 9.94. The molecule has 0 aromatic heterocycles. The average Bonchev–Trinajstić information content (AvgIpc) is 2.56. The summed E-state index contributed by atoms with van der Waals surface area (Å²) in [7, 11) is 0. The van der Waals surface area contributed by atoms with Crippen molar-refractivity contribution in [1.29, 1.82) is 0 Å². The molecule has 0 radical (unpaired) electrons. The molecule has 27 heavy (non-hydrogen) atoms. The zero-order valence-corrected chi connectivity index (χ0v) is 17.6. The Kier molecular flexibility index (Phi) is 7.18. The SMILES string of the molecule is CCOC(=O)CC1C=C(c2ccc(Cl)c(Cl)c2)CCN1C(=O)OC(C)(C)C. The van der Waals surface area contributed by atoms with E-state index in [1.165, 1.54) is 0 Å². The molecule has 1 atom stereocenters. The van der Waals surface area contributed by atoms with Crippen molar-refractivity contribution in [1.82, 2.24) is 4.90 Å². The van der Waals surface area contributed by atoms with Crippen LogP contribution < -0.4 is 0 Å². The van der Waals surface area contributed by atoms with E-state index in [4.69, 9.17) is 32.7 Å². The lowest BCUT2D eigenvalue weighted by Crippen LogP contribution is -2.46. The highest BCUT2D eigenvalue weighted by Crippen LogP contribution is 2.31. The number of esters is 1. The first-order chi connectivity index (χ1) is 12.6. The summed E-state index contributed by atoms with van der Waals surface area (Å²) < 4.78 is 10.6. The first-order valence-corrected chi connectivity index (χ1v) is 9.67. The van der Waals surface area contributed by atoms with Crippen LogP contribution >= 0.6 is 23.2 Å². The molecule has 1 amide bonds. The molecule has 0 saturated carbocycles. The highest BCUT2D eigenvalue weighted by atomic mass is 35.5. The van der Waals surface area contributed by atoms with Crippen LogP contribution in [0.15, 0.2) is 24.3 Å². The van der Waals surface area contributed by atoms with Crippen molar-refractivity contribution < 1.29 is 19.1 Å². The van der Waals surface area contributed by atoms with Crippen LogP contribution in [-0.2, 0) is 14.3 Å². The number of rotatable bonds is 4. The quantitative estimate of drug-likeness (QED) is 0.624. The highest BCUT2D eigenvalue weighted by molar-refractivity contribution is 6.42. The smallest absolute Gasteiger partial charge is 0.410 e. The van der Waals surface area contributed by atoms with Crippen molar-refractivity contribution >= 4 is 40.8 Å². The molecule has 1 unspecified atom stereocenters. The number of hydrogen-bond acceptors (Lipinski definition) is 4. The van der Waals surface area contributed by atoms with E-state index in [9.17, 15) is 9.59 Å². The van der Waals surface area contributed by atoms with Gasteiger partial charge < -0.3 is 14.4 Å². The molecule has 0 fully saturated rings. The van der Waals surface area contributed by atoms with E-state index >= 15 is 0 Å². The number of ether oxygens (including phenoxy) is 2. The van der Waals surface area contributed by atoms with Gasteiger partial charge in [0.25, 0.3) is 0 Å². The normalized spacial score (nSPS) is 17.3. The summed E-state index contributed by atoms with van der Waals surface area (Å²) in [6.07, 6.45) is 2.15. The van der Waals surface area contributed by atoms with E-state index in [1.54, 1.807) is 24.0 Å². The molecule has 2 rings (SSSR count). The van der Waals surface area contributed by atoms with Gasteiger partial charge in [-0.2, -0.15) is 0 Å². The predicted molar refractivity (Wildman–Crippen MR) is 107 cm³/mol. The Morgan fingerprint density at radius 2 is 1.93 bits per heavy atom. The van der Waals surface area contributed by atoms with Crippen molar-refractivity contribution in [3.05, 3.63) is 39.9 Å². The van der Waals surface area contributed by atoms with E-state index in [0.29, 0.717) is 29.6 Å². The fraction of sp³-hybridized carbons (Fsp3) is 0.500. The Morgan fingerprint density at radius 1 is 1.22 bits per heavy atom. The minimum absolute atomic E-state index is 0.0674. The second-order valence-electron chi connectivity index (χ2n) is 7.32. The van der Waals surface area contributed by atoms with E-state index in [1.807, 2.05) is 32.9 Å². The summed E-state index contributed by atoms with van der Waals surface area (Å²) in [6.45, 7) is 7.92. The topological polar surface area (TPSA) is 55.8 Å². The number of hydrogen-bond donors (Lipinski definition) is 0. The van der Waals surface area contributed by atoms with E-state index < -0.39 is 17.7 Å². The summed E-state index contributed by atoms with van der Waals surface area (Å²) >= 11 is 12.1. The largest absolute Gasteiger partial charge is 0.466 e. The minimum atomic E-state index is -0.612. The summed E-state index contributed by atoms with van der Waals surface area (Å²) in [5.41, 5.74) is 1.31. The Labute approximate surface area is 170 Å². The standard InChI is InChI=1S/C20H25Cl2NO4/c1-5-26-18(24)12-15-10-14(13-6-7-16(21)17(22)11-13)8-9-23(15)19(25)27-20(2,3)4/h6-7,10-11,15H,5,8-9,12H2,1-4H3. The maximum Gasteiger partial charge on any atom is 0.410 e. The average molecular weight is 414 g/mol. The number of carbonyl (C=O) groups is 2. The third-order valence-electron chi connectivity index (χ3n) is 4.02. The van der Waals surface area contributed by atoms with Crippen LogP contribution in [0.25, 0.3) is 5.57 Å². The number of nitrogens with zero attached hydrogens (tertiary/aromatic N) is 1. The monoisotopic (exact) mass is 413 g/mol. The van der Waals surface area contributed by atoms with Gasteiger partial charge in [0, 0.05) is 6.54 Å². The van der Waals surface area contributed by atoms with Gasteiger partial charge in [0.2, 0.25) is 0 Å². The molecule has 0 aliphatic carbocycles. The minimum Gasteiger partial charge on any atom is -0.466 e. The van der Waals surface area contributed by atoms with Crippen molar-refractivity contribution in [2.75, 3.05) is 13.2 Å². The molecule has 1 heterocycles. The van der Waals surface area contributed by atoms with Gasteiger partial charge in [-0.05, 0) is 57.4 Å². The van der Waals surface area contributed by atoms with Gasteiger partial charge >= 0.3 is 12.1 Å². The molecule has 1 aromatic carbocycles. The number of amides is 1. The summed E-state index contributed by atoms with van der Waals surface area (Å²) in [4.78, 5) is 26.2. The predicted octanol–water partition coefficient (Wildman–Crippen LogP) is 5.34. The van der Waals surface area contributed by atoms with Crippen molar-refractivity contribution in [2.45, 2.75) is 52.2 Å². The van der Waals surface area contributed by atoms with Crippen molar-refractivity contribution in [3.63, 3.8) is 0 Å². The molecule has 1 aromatic rings. The Morgan fingerprint density at radius 3 is 2.52 bits per heavy atom. The summed E-state index contributed by atoms with van der Waals surface area (Å²) in [6, 6.07) is 4.96. The molecule has 5 nitrogen and oxygen atoms in total. The van der Waals surface area contributed by atoms with Gasteiger partial charge in [-0.1, -0.05) is 35.3 Å². The fourth-order valence-electron chi connectivity index (χ4n) is 2.86. The second kappa shape index (κ2) is 8.98. The van der Waals surface area contributed by atoms with E-state index in [2.05, 4.69) is 0 Å². The molecule has 0 bridgehead atoms. The van der Waals surface area contributed by atoms with Gasteiger partial charge in [0.1, 0.15) is 5.60 Å². The fourth-order valence-corrected chi connectivity index (χ4v) is 3.15. The molecule has 0 saturated heterocycles. The van der Waals surface area contributed by atoms with Gasteiger partial charge in [-0.3, -0.25) is 4.79 Å². The molecule has 0 spiro atoms. The zero-order valence-electron chi connectivity index (χ0n) is 16.1.